The van der Waals surface area contributed by atoms with Gasteiger partial charge in [-0.2, -0.15) is 4.98 Å². The third-order valence-corrected chi connectivity index (χ3v) is 2.86. The second-order valence-electron chi connectivity index (χ2n) is 4.09. The van der Waals surface area contributed by atoms with E-state index < -0.39 is 0 Å². The summed E-state index contributed by atoms with van der Waals surface area (Å²) in [6.07, 6.45) is 3.23. The summed E-state index contributed by atoms with van der Waals surface area (Å²) in [7, 11) is 1.56. The second-order valence-corrected chi connectivity index (χ2v) is 4.09. The fraction of sp³-hybridized carbons (Fsp3) is 0.0714. The zero-order valence-electron chi connectivity index (χ0n) is 10.8. The fourth-order valence-electron chi connectivity index (χ4n) is 1.86. The standard InChI is InChI=1S/C14H12N4O2/c1-19-12-8-16-7-6-10(12)14-17-13(18-20-14)9-4-2-3-5-11(9)15/h2-8H,15H2,1H3. The first-order valence-corrected chi connectivity index (χ1v) is 5.96. The lowest BCUT2D eigenvalue weighted by molar-refractivity contribution is 0.404. The van der Waals surface area contributed by atoms with Crippen LogP contribution in [0.1, 0.15) is 0 Å². The maximum absolute atomic E-state index is 5.90. The van der Waals surface area contributed by atoms with E-state index in [1.165, 1.54) is 0 Å². The molecule has 3 aromatic rings. The predicted octanol–water partition coefficient (Wildman–Crippen LogP) is 2.39. The Labute approximate surface area is 115 Å². The van der Waals surface area contributed by atoms with Gasteiger partial charge in [-0.25, -0.2) is 0 Å². The molecular weight excluding hydrogens is 256 g/mol. The third-order valence-electron chi connectivity index (χ3n) is 2.86. The molecule has 2 heterocycles. The molecule has 0 aliphatic heterocycles. The van der Waals surface area contributed by atoms with Gasteiger partial charge in [0.15, 0.2) is 0 Å². The molecule has 2 aromatic heterocycles. The topological polar surface area (TPSA) is 87.1 Å². The minimum absolute atomic E-state index is 0.363. The van der Waals surface area contributed by atoms with Crippen molar-refractivity contribution in [1.82, 2.24) is 15.1 Å². The molecule has 0 atom stereocenters. The lowest BCUT2D eigenvalue weighted by Crippen LogP contribution is -1.91. The minimum atomic E-state index is 0.363. The molecule has 2 N–H and O–H groups in total. The van der Waals surface area contributed by atoms with Crippen molar-refractivity contribution in [3.05, 3.63) is 42.7 Å². The first kappa shape index (κ1) is 12.2. The van der Waals surface area contributed by atoms with Crippen molar-refractivity contribution in [2.45, 2.75) is 0 Å². The number of nitrogens with zero attached hydrogens (tertiary/aromatic N) is 3. The molecule has 0 spiro atoms. The van der Waals surface area contributed by atoms with Crippen molar-refractivity contribution in [3.63, 3.8) is 0 Å². The van der Waals surface area contributed by atoms with Gasteiger partial charge in [0.1, 0.15) is 5.75 Å². The van der Waals surface area contributed by atoms with Crippen LogP contribution in [0.2, 0.25) is 0 Å². The average molecular weight is 268 g/mol. The van der Waals surface area contributed by atoms with Crippen LogP contribution in [-0.4, -0.2) is 22.2 Å². The lowest BCUT2D eigenvalue weighted by Gasteiger charge is -2.02. The normalized spacial score (nSPS) is 10.4. The zero-order chi connectivity index (χ0) is 13.9. The molecule has 3 rings (SSSR count). The molecule has 20 heavy (non-hydrogen) atoms. The number of rotatable bonds is 3. The number of nitrogens with two attached hydrogens (primary N) is 1. The number of methoxy groups -OCH3 is 1. The maximum Gasteiger partial charge on any atom is 0.262 e. The highest BCUT2D eigenvalue weighted by Gasteiger charge is 2.15. The van der Waals surface area contributed by atoms with Gasteiger partial charge >= 0.3 is 0 Å². The minimum Gasteiger partial charge on any atom is -0.494 e. The van der Waals surface area contributed by atoms with Crippen LogP contribution in [0.4, 0.5) is 5.69 Å². The molecule has 0 unspecified atom stereocenters. The number of para-hydroxylation sites is 1. The monoisotopic (exact) mass is 268 g/mol. The van der Waals surface area contributed by atoms with Crippen molar-refractivity contribution in [2.24, 2.45) is 0 Å². The van der Waals surface area contributed by atoms with Gasteiger partial charge in [0, 0.05) is 17.4 Å². The highest BCUT2D eigenvalue weighted by atomic mass is 16.5. The number of ether oxygens (including phenoxy) is 1. The fourth-order valence-corrected chi connectivity index (χ4v) is 1.86. The number of nitrogen functional groups attached to an aromatic ring is 1. The molecule has 1 aromatic carbocycles. The number of aromatic nitrogens is 3. The van der Waals surface area contributed by atoms with Crippen LogP contribution in [0.15, 0.2) is 47.2 Å². The lowest BCUT2D eigenvalue weighted by atomic mass is 10.2. The Hall–Kier alpha value is -2.89. The summed E-state index contributed by atoms with van der Waals surface area (Å²) >= 11 is 0. The van der Waals surface area contributed by atoms with E-state index in [9.17, 15) is 0 Å². The quantitative estimate of drug-likeness (QED) is 0.734. The van der Waals surface area contributed by atoms with Gasteiger partial charge in [-0.05, 0) is 18.2 Å². The van der Waals surface area contributed by atoms with Crippen molar-refractivity contribution < 1.29 is 9.26 Å². The van der Waals surface area contributed by atoms with E-state index in [1.54, 1.807) is 31.6 Å². The molecule has 0 saturated heterocycles. The molecule has 0 fully saturated rings. The Morgan fingerprint density at radius 3 is 2.80 bits per heavy atom. The van der Waals surface area contributed by atoms with Crippen molar-refractivity contribution in [1.29, 1.82) is 0 Å². The Balaban J connectivity index is 2.05. The molecule has 0 aliphatic rings. The Morgan fingerprint density at radius 1 is 1.15 bits per heavy atom. The first-order chi connectivity index (χ1) is 9.79. The molecule has 100 valence electrons. The molecule has 0 amide bonds. The summed E-state index contributed by atoms with van der Waals surface area (Å²) in [4.78, 5) is 8.34. The van der Waals surface area contributed by atoms with E-state index in [2.05, 4.69) is 15.1 Å². The van der Waals surface area contributed by atoms with Crippen LogP contribution in [-0.2, 0) is 0 Å². The number of hydrogen-bond donors (Lipinski definition) is 1. The van der Waals surface area contributed by atoms with Gasteiger partial charge in [-0.3, -0.25) is 4.98 Å². The summed E-state index contributed by atoms with van der Waals surface area (Å²) in [6.45, 7) is 0. The highest BCUT2D eigenvalue weighted by molar-refractivity contribution is 5.72. The molecular formula is C14H12N4O2. The van der Waals surface area contributed by atoms with E-state index in [0.29, 0.717) is 28.7 Å². The average Bonchev–Trinajstić information content (AvgIpc) is 2.97. The molecule has 0 aliphatic carbocycles. The van der Waals surface area contributed by atoms with E-state index in [1.807, 2.05) is 18.2 Å². The summed E-state index contributed by atoms with van der Waals surface area (Å²) in [5.74, 6) is 1.38. The predicted molar refractivity (Wildman–Crippen MR) is 73.9 cm³/mol. The molecule has 6 nitrogen and oxygen atoms in total. The van der Waals surface area contributed by atoms with Crippen molar-refractivity contribution >= 4 is 5.69 Å². The zero-order valence-corrected chi connectivity index (χ0v) is 10.8. The largest absolute Gasteiger partial charge is 0.494 e. The maximum atomic E-state index is 5.90. The third kappa shape index (κ3) is 2.07. The SMILES string of the molecule is COc1cnccc1-c1nc(-c2ccccc2N)no1. The molecule has 0 bridgehead atoms. The summed E-state index contributed by atoms with van der Waals surface area (Å²) in [5, 5.41) is 3.96. The van der Waals surface area contributed by atoms with Gasteiger partial charge in [0.2, 0.25) is 5.82 Å². The number of anilines is 1. The van der Waals surface area contributed by atoms with Gasteiger partial charge in [0.05, 0.1) is 18.9 Å². The van der Waals surface area contributed by atoms with E-state index in [0.717, 1.165) is 5.56 Å². The van der Waals surface area contributed by atoms with Gasteiger partial charge in [-0.1, -0.05) is 17.3 Å². The van der Waals surface area contributed by atoms with Crippen molar-refractivity contribution in [3.8, 4) is 28.6 Å². The van der Waals surface area contributed by atoms with E-state index in [4.69, 9.17) is 15.0 Å². The van der Waals surface area contributed by atoms with E-state index in [-0.39, 0.29) is 0 Å². The molecule has 6 heteroatoms. The van der Waals surface area contributed by atoms with Crippen LogP contribution in [0, 0.1) is 0 Å². The van der Waals surface area contributed by atoms with Gasteiger partial charge in [-0.15, -0.1) is 0 Å². The molecule has 0 radical (unpaired) electrons. The second kappa shape index (κ2) is 5.00. The first-order valence-electron chi connectivity index (χ1n) is 5.96. The smallest absolute Gasteiger partial charge is 0.262 e. The Bertz CT molecular complexity index is 739. The number of pyridine rings is 1. The number of hydrogen-bond acceptors (Lipinski definition) is 6. The van der Waals surface area contributed by atoms with E-state index >= 15 is 0 Å². The summed E-state index contributed by atoms with van der Waals surface area (Å²) in [5.41, 5.74) is 7.92. The van der Waals surface area contributed by atoms with Gasteiger partial charge < -0.3 is 15.0 Å². The highest BCUT2D eigenvalue weighted by Crippen LogP contribution is 2.30. The van der Waals surface area contributed by atoms with Crippen LogP contribution in [0.5, 0.6) is 5.75 Å². The van der Waals surface area contributed by atoms with Crippen LogP contribution < -0.4 is 10.5 Å². The summed E-state index contributed by atoms with van der Waals surface area (Å²) in [6, 6.07) is 9.11. The van der Waals surface area contributed by atoms with Crippen LogP contribution in [0.3, 0.4) is 0 Å². The Kier molecular flexibility index (Phi) is 3.04. The summed E-state index contributed by atoms with van der Waals surface area (Å²) < 4.78 is 10.5. The van der Waals surface area contributed by atoms with Crippen LogP contribution >= 0.6 is 0 Å². The van der Waals surface area contributed by atoms with Crippen LogP contribution in [0.25, 0.3) is 22.8 Å². The Morgan fingerprint density at radius 2 is 2.00 bits per heavy atom. The van der Waals surface area contributed by atoms with Crippen molar-refractivity contribution in [2.75, 3.05) is 12.8 Å². The molecule has 0 saturated carbocycles. The number of benzene rings is 1. The van der Waals surface area contributed by atoms with Gasteiger partial charge in [0.25, 0.3) is 5.89 Å².